The fourth-order valence-electron chi connectivity index (χ4n) is 6.24. The van der Waals surface area contributed by atoms with Crippen LogP contribution in [0, 0.1) is 13.8 Å². The summed E-state index contributed by atoms with van der Waals surface area (Å²) in [4.78, 5) is 4.96. The minimum absolute atomic E-state index is 1.09. The Balaban J connectivity index is 1.77. The summed E-state index contributed by atoms with van der Waals surface area (Å²) in [6.07, 6.45) is 1.95. The third-order valence-corrected chi connectivity index (χ3v) is 7.76. The number of fused-ring (bicyclic) bond motifs is 7. The normalized spacial score (nSPS) is 12.3. The minimum Gasteiger partial charge on any atom is -0.307 e. The zero-order chi connectivity index (χ0) is 23.3. The lowest BCUT2D eigenvalue weighted by Gasteiger charge is -2.17. The molecule has 3 aromatic heterocycles. The lowest BCUT2D eigenvalue weighted by molar-refractivity contribution is 1.32. The maximum absolute atomic E-state index is 4.96. The Bertz CT molecular complexity index is 2110. The highest BCUT2D eigenvalue weighted by Crippen LogP contribution is 2.44. The Hall–Kier alpha value is -4.43. The molecule has 0 saturated heterocycles. The highest BCUT2D eigenvalue weighted by Gasteiger charge is 2.22. The van der Waals surface area contributed by atoms with Gasteiger partial charge in [0, 0.05) is 33.3 Å². The van der Waals surface area contributed by atoms with Gasteiger partial charge >= 0.3 is 0 Å². The van der Waals surface area contributed by atoms with Crippen molar-refractivity contribution in [3.05, 3.63) is 108 Å². The first-order valence-corrected chi connectivity index (χ1v) is 12.2. The quantitative estimate of drug-likeness (QED) is 0.182. The molecule has 8 aromatic rings. The summed E-state index contributed by atoms with van der Waals surface area (Å²) < 4.78 is 2.54. The Morgan fingerprint density at radius 3 is 2.31 bits per heavy atom. The van der Waals surface area contributed by atoms with E-state index >= 15 is 0 Å². The molecule has 0 bridgehead atoms. The summed E-state index contributed by atoms with van der Waals surface area (Å²) >= 11 is 0. The SMILES string of the molecule is Cc1ccc2cc3c4nccc5ccc6c7cccc(-c8ccccc8)c7n(c3c(C)c2c1)c6c54. The molecule has 0 atom stereocenters. The van der Waals surface area contributed by atoms with Crippen molar-refractivity contribution < 1.29 is 0 Å². The molecule has 164 valence electrons. The van der Waals surface area contributed by atoms with E-state index in [0.717, 1.165) is 5.52 Å². The first-order chi connectivity index (χ1) is 17.2. The standard InChI is InChI=1S/C33H22N2/c1-19-11-12-23-18-28-30-29-22(15-16-34-30)13-14-26-25-10-6-9-24(21-7-4-3-5-8-21)32(25)35(33(26)29)31(28)20(2)27(23)17-19/h3-18H,1-2H3. The Morgan fingerprint density at radius 2 is 1.43 bits per heavy atom. The summed E-state index contributed by atoms with van der Waals surface area (Å²) in [5.74, 6) is 0. The molecule has 0 unspecified atom stereocenters. The summed E-state index contributed by atoms with van der Waals surface area (Å²) in [6, 6.07) is 33.3. The van der Waals surface area contributed by atoms with Crippen LogP contribution < -0.4 is 0 Å². The molecule has 3 heterocycles. The lowest BCUT2D eigenvalue weighted by atomic mass is 9.96. The van der Waals surface area contributed by atoms with E-state index in [1.807, 2.05) is 6.20 Å². The van der Waals surface area contributed by atoms with E-state index in [4.69, 9.17) is 4.98 Å². The summed E-state index contributed by atoms with van der Waals surface area (Å²) in [7, 11) is 0. The fourth-order valence-corrected chi connectivity index (χ4v) is 6.24. The van der Waals surface area contributed by atoms with Crippen LogP contribution >= 0.6 is 0 Å². The molecule has 0 saturated carbocycles. The molecule has 5 aromatic carbocycles. The van der Waals surface area contributed by atoms with Crippen molar-refractivity contribution in [2.45, 2.75) is 13.8 Å². The van der Waals surface area contributed by atoms with Crippen molar-refractivity contribution in [3.63, 3.8) is 0 Å². The first-order valence-electron chi connectivity index (χ1n) is 12.2. The van der Waals surface area contributed by atoms with Gasteiger partial charge in [-0.05, 0) is 53.3 Å². The van der Waals surface area contributed by atoms with Crippen molar-refractivity contribution in [1.29, 1.82) is 0 Å². The average Bonchev–Trinajstić information content (AvgIpc) is 3.24. The van der Waals surface area contributed by atoms with E-state index in [1.165, 1.54) is 76.5 Å². The van der Waals surface area contributed by atoms with Gasteiger partial charge < -0.3 is 4.40 Å². The molecule has 0 N–H and O–H groups in total. The Kier molecular flexibility index (Phi) is 3.56. The van der Waals surface area contributed by atoms with Gasteiger partial charge in [-0.2, -0.15) is 0 Å². The van der Waals surface area contributed by atoms with Crippen LogP contribution in [0.5, 0.6) is 0 Å². The Labute approximate surface area is 202 Å². The van der Waals surface area contributed by atoms with E-state index in [2.05, 4.69) is 109 Å². The van der Waals surface area contributed by atoms with Crippen molar-refractivity contribution in [1.82, 2.24) is 9.38 Å². The first kappa shape index (κ1) is 18.9. The molecule has 0 amide bonds. The molecule has 0 aliphatic rings. The average molecular weight is 447 g/mol. The highest BCUT2D eigenvalue weighted by molar-refractivity contribution is 6.29. The van der Waals surface area contributed by atoms with Crippen molar-refractivity contribution in [3.8, 4) is 11.1 Å². The van der Waals surface area contributed by atoms with E-state index < -0.39 is 0 Å². The molecule has 0 aliphatic carbocycles. The van der Waals surface area contributed by atoms with Gasteiger partial charge in [0.15, 0.2) is 0 Å². The second kappa shape index (κ2) is 6.58. The van der Waals surface area contributed by atoms with Crippen LogP contribution in [-0.2, 0) is 0 Å². The topological polar surface area (TPSA) is 17.3 Å². The largest absolute Gasteiger partial charge is 0.307 e. The lowest BCUT2D eigenvalue weighted by Crippen LogP contribution is -1.98. The number of aromatic nitrogens is 2. The van der Waals surface area contributed by atoms with Gasteiger partial charge in [-0.3, -0.25) is 4.98 Å². The van der Waals surface area contributed by atoms with Crippen molar-refractivity contribution in [2.75, 3.05) is 0 Å². The second-order valence-electron chi connectivity index (χ2n) is 9.74. The van der Waals surface area contributed by atoms with Crippen LogP contribution in [0.2, 0.25) is 0 Å². The van der Waals surface area contributed by atoms with Gasteiger partial charge in [0.25, 0.3) is 0 Å². The number of benzene rings is 5. The monoisotopic (exact) mass is 446 g/mol. The minimum atomic E-state index is 1.09. The maximum atomic E-state index is 4.96. The number of hydrogen-bond acceptors (Lipinski definition) is 1. The molecule has 8 rings (SSSR count). The van der Waals surface area contributed by atoms with Crippen molar-refractivity contribution >= 4 is 59.8 Å². The number of para-hydroxylation sites is 1. The fraction of sp³-hybridized carbons (Fsp3) is 0.0606. The molecule has 2 heteroatoms. The number of aryl methyl sites for hydroxylation is 2. The molecular weight excluding hydrogens is 424 g/mol. The van der Waals surface area contributed by atoms with Crippen LogP contribution in [-0.4, -0.2) is 9.38 Å². The molecule has 0 radical (unpaired) electrons. The summed E-state index contributed by atoms with van der Waals surface area (Å²) in [6.45, 7) is 4.45. The number of hydrogen-bond donors (Lipinski definition) is 0. The summed E-state index contributed by atoms with van der Waals surface area (Å²) in [5, 5.41) is 8.84. The van der Waals surface area contributed by atoms with Crippen molar-refractivity contribution in [2.24, 2.45) is 0 Å². The summed E-state index contributed by atoms with van der Waals surface area (Å²) in [5.41, 5.74) is 9.96. The predicted molar refractivity (Wildman–Crippen MR) is 149 cm³/mol. The highest BCUT2D eigenvalue weighted by atomic mass is 14.9. The van der Waals surface area contributed by atoms with Crippen LogP contribution in [0.25, 0.3) is 70.9 Å². The van der Waals surface area contributed by atoms with Gasteiger partial charge in [0.2, 0.25) is 0 Å². The van der Waals surface area contributed by atoms with E-state index in [1.54, 1.807) is 0 Å². The maximum Gasteiger partial charge on any atom is 0.0823 e. The van der Waals surface area contributed by atoms with Gasteiger partial charge in [-0.25, -0.2) is 0 Å². The predicted octanol–water partition coefficient (Wildman–Crippen LogP) is 8.82. The van der Waals surface area contributed by atoms with Crippen LogP contribution in [0.15, 0.2) is 97.2 Å². The van der Waals surface area contributed by atoms with Gasteiger partial charge in [0.1, 0.15) is 0 Å². The molecule has 0 fully saturated rings. The van der Waals surface area contributed by atoms with E-state index in [-0.39, 0.29) is 0 Å². The molecule has 0 spiro atoms. The van der Waals surface area contributed by atoms with Gasteiger partial charge in [0.05, 0.1) is 22.1 Å². The smallest absolute Gasteiger partial charge is 0.0823 e. The number of rotatable bonds is 1. The zero-order valence-electron chi connectivity index (χ0n) is 19.6. The zero-order valence-corrected chi connectivity index (χ0v) is 19.6. The third kappa shape index (κ3) is 2.36. The van der Waals surface area contributed by atoms with Gasteiger partial charge in [-0.1, -0.05) is 84.4 Å². The molecule has 35 heavy (non-hydrogen) atoms. The Morgan fingerprint density at radius 1 is 0.600 bits per heavy atom. The van der Waals surface area contributed by atoms with E-state index in [9.17, 15) is 0 Å². The van der Waals surface area contributed by atoms with E-state index in [0.29, 0.717) is 0 Å². The number of pyridine rings is 2. The van der Waals surface area contributed by atoms with Crippen LogP contribution in [0.3, 0.4) is 0 Å². The van der Waals surface area contributed by atoms with Crippen LogP contribution in [0.4, 0.5) is 0 Å². The molecular formula is C33H22N2. The van der Waals surface area contributed by atoms with Gasteiger partial charge in [-0.15, -0.1) is 0 Å². The third-order valence-electron chi connectivity index (χ3n) is 7.76. The number of nitrogens with zero attached hydrogens (tertiary/aromatic N) is 2. The molecule has 2 nitrogen and oxygen atoms in total. The molecule has 0 aliphatic heterocycles. The second-order valence-corrected chi connectivity index (χ2v) is 9.74. The van der Waals surface area contributed by atoms with Crippen LogP contribution in [0.1, 0.15) is 11.1 Å².